The van der Waals surface area contributed by atoms with Crippen LogP contribution in [0.15, 0.2) is 23.1 Å². The van der Waals surface area contributed by atoms with E-state index in [9.17, 15) is 4.79 Å². The summed E-state index contributed by atoms with van der Waals surface area (Å²) in [6.45, 7) is 5.01. The summed E-state index contributed by atoms with van der Waals surface area (Å²) in [5, 5.41) is 9.39. The molecule has 7 heteroatoms. The molecular weight excluding hydrogens is 322 g/mol. The number of nitrogens with zero attached hydrogens (tertiary/aromatic N) is 2. The van der Waals surface area contributed by atoms with Gasteiger partial charge < -0.3 is 19.2 Å². The summed E-state index contributed by atoms with van der Waals surface area (Å²) >= 11 is 0. The van der Waals surface area contributed by atoms with Gasteiger partial charge in [-0.3, -0.25) is 9.69 Å². The summed E-state index contributed by atoms with van der Waals surface area (Å²) in [6, 6.07) is 5.24. The zero-order valence-electron chi connectivity index (χ0n) is 14.2. The number of rotatable bonds is 6. The molecule has 0 aliphatic carbocycles. The van der Waals surface area contributed by atoms with E-state index in [-0.39, 0.29) is 11.0 Å². The first-order valence-electron chi connectivity index (χ1n) is 8.29. The van der Waals surface area contributed by atoms with Crippen LogP contribution >= 0.6 is 0 Å². The average molecular weight is 343 g/mol. The zero-order valence-corrected chi connectivity index (χ0v) is 14.2. The second kappa shape index (κ2) is 8.01. The minimum atomic E-state index is -0.312. The number of ether oxygens (including phenoxy) is 3. The molecule has 0 atom stereocenters. The van der Waals surface area contributed by atoms with Gasteiger partial charge in [0.25, 0.3) is 0 Å². The van der Waals surface area contributed by atoms with Crippen molar-refractivity contribution in [1.29, 1.82) is 5.26 Å². The van der Waals surface area contributed by atoms with Crippen LogP contribution in [0.1, 0.15) is 12.0 Å². The second-order valence-electron chi connectivity index (χ2n) is 5.85. The van der Waals surface area contributed by atoms with E-state index >= 15 is 0 Å². The number of methoxy groups -OCH3 is 1. The van der Waals surface area contributed by atoms with E-state index in [1.807, 2.05) is 6.07 Å². The SMILES string of the molecule is COc1cc2c(=O)c(C#N)c[nH]c2cc1OCCCN1CCOCC1. The van der Waals surface area contributed by atoms with Gasteiger partial charge in [0, 0.05) is 31.9 Å². The fourth-order valence-electron chi connectivity index (χ4n) is 2.88. The number of benzene rings is 1. The molecule has 132 valence electrons. The maximum Gasteiger partial charge on any atom is 0.207 e. The molecule has 1 aliphatic heterocycles. The van der Waals surface area contributed by atoms with Crippen LogP contribution in [0.4, 0.5) is 0 Å². The summed E-state index contributed by atoms with van der Waals surface area (Å²) in [4.78, 5) is 17.5. The lowest BCUT2D eigenvalue weighted by atomic mass is 10.1. The molecule has 0 spiro atoms. The van der Waals surface area contributed by atoms with Crippen LogP contribution < -0.4 is 14.9 Å². The lowest BCUT2D eigenvalue weighted by molar-refractivity contribution is 0.0357. The molecule has 0 amide bonds. The molecule has 1 aromatic heterocycles. The lowest BCUT2D eigenvalue weighted by Crippen LogP contribution is -2.37. The largest absolute Gasteiger partial charge is 0.493 e. The Morgan fingerprint density at radius 3 is 2.84 bits per heavy atom. The van der Waals surface area contributed by atoms with Crippen LogP contribution in [0.2, 0.25) is 0 Å². The monoisotopic (exact) mass is 343 g/mol. The van der Waals surface area contributed by atoms with E-state index < -0.39 is 0 Å². The molecule has 1 fully saturated rings. The number of aromatic nitrogens is 1. The Kier molecular flexibility index (Phi) is 5.53. The summed E-state index contributed by atoms with van der Waals surface area (Å²) in [5.41, 5.74) is 0.384. The molecule has 7 nitrogen and oxygen atoms in total. The Bertz CT molecular complexity index is 835. The molecule has 0 bridgehead atoms. The summed E-state index contributed by atoms with van der Waals surface area (Å²) in [7, 11) is 1.53. The second-order valence-corrected chi connectivity index (χ2v) is 5.85. The van der Waals surface area contributed by atoms with Gasteiger partial charge >= 0.3 is 0 Å². The summed E-state index contributed by atoms with van der Waals surface area (Å²) < 4.78 is 16.5. The minimum Gasteiger partial charge on any atom is -0.493 e. The number of H-pyrrole nitrogens is 1. The molecule has 1 saturated heterocycles. The number of aromatic amines is 1. The van der Waals surface area contributed by atoms with Crippen LogP contribution in [-0.2, 0) is 4.74 Å². The number of nitrogens with one attached hydrogen (secondary N) is 1. The fourth-order valence-corrected chi connectivity index (χ4v) is 2.88. The molecule has 2 heterocycles. The zero-order chi connectivity index (χ0) is 17.6. The van der Waals surface area contributed by atoms with Crippen molar-refractivity contribution < 1.29 is 14.2 Å². The third kappa shape index (κ3) is 3.92. The van der Waals surface area contributed by atoms with Gasteiger partial charge in [-0.05, 0) is 12.5 Å². The molecule has 3 rings (SSSR count). The molecule has 1 aliphatic rings. The number of nitriles is 1. The highest BCUT2D eigenvalue weighted by Crippen LogP contribution is 2.30. The van der Waals surface area contributed by atoms with Gasteiger partial charge in [-0.1, -0.05) is 0 Å². The predicted molar refractivity (Wildman–Crippen MR) is 93.2 cm³/mol. The van der Waals surface area contributed by atoms with Gasteiger partial charge in [0.1, 0.15) is 11.6 Å². The predicted octanol–water partition coefficient (Wildman–Crippen LogP) is 1.51. The number of hydrogen-bond donors (Lipinski definition) is 1. The van der Waals surface area contributed by atoms with Gasteiger partial charge in [0.2, 0.25) is 5.43 Å². The van der Waals surface area contributed by atoms with Gasteiger partial charge in [-0.25, -0.2) is 0 Å². The molecule has 1 N–H and O–H groups in total. The number of fused-ring (bicyclic) bond motifs is 1. The molecule has 2 aromatic rings. The van der Waals surface area contributed by atoms with Crippen molar-refractivity contribution in [3.05, 3.63) is 34.1 Å². The van der Waals surface area contributed by atoms with Crippen LogP contribution in [-0.4, -0.2) is 56.4 Å². The van der Waals surface area contributed by atoms with Gasteiger partial charge in [-0.15, -0.1) is 0 Å². The minimum absolute atomic E-state index is 0.0775. The smallest absolute Gasteiger partial charge is 0.207 e. The van der Waals surface area contributed by atoms with E-state index in [0.717, 1.165) is 39.3 Å². The maximum atomic E-state index is 12.2. The van der Waals surface area contributed by atoms with Crippen molar-refractivity contribution >= 4 is 10.9 Å². The van der Waals surface area contributed by atoms with Gasteiger partial charge in [0.05, 0.1) is 37.8 Å². The third-order valence-corrected chi connectivity index (χ3v) is 4.27. The average Bonchev–Trinajstić information content (AvgIpc) is 2.66. The Morgan fingerprint density at radius 1 is 1.32 bits per heavy atom. The highest BCUT2D eigenvalue weighted by atomic mass is 16.5. The Hall–Kier alpha value is -2.56. The van der Waals surface area contributed by atoms with E-state index in [4.69, 9.17) is 19.5 Å². The van der Waals surface area contributed by atoms with Crippen molar-refractivity contribution in [1.82, 2.24) is 9.88 Å². The quantitative estimate of drug-likeness (QED) is 0.800. The number of pyridine rings is 1. The Labute approximate surface area is 145 Å². The maximum absolute atomic E-state index is 12.2. The Morgan fingerprint density at radius 2 is 2.12 bits per heavy atom. The van der Waals surface area contributed by atoms with Crippen LogP contribution in [0.3, 0.4) is 0 Å². The van der Waals surface area contributed by atoms with Crippen molar-refractivity contribution in [2.24, 2.45) is 0 Å². The lowest BCUT2D eigenvalue weighted by Gasteiger charge is -2.26. The van der Waals surface area contributed by atoms with E-state index in [2.05, 4.69) is 9.88 Å². The van der Waals surface area contributed by atoms with E-state index in [1.165, 1.54) is 13.3 Å². The van der Waals surface area contributed by atoms with Crippen LogP contribution in [0.25, 0.3) is 10.9 Å². The summed E-state index contributed by atoms with van der Waals surface area (Å²) in [6.07, 6.45) is 2.31. The van der Waals surface area contributed by atoms with E-state index in [1.54, 1.807) is 12.1 Å². The first-order valence-corrected chi connectivity index (χ1v) is 8.29. The molecule has 1 aromatic carbocycles. The standard InChI is InChI=1S/C18H21N3O4/c1-23-16-9-14-15(20-12-13(11-19)18(14)22)10-17(16)25-6-2-3-21-4-7-24-8-5-21/h9-10,12H,2-8H2,1H3,(H,20,22). The van der Waals surface area contributed by atoms with Crippen LogP contribution in [0, 0.1) is 11.3 Å². The first-order chi connectivity index (χ1) is 12.2. The molecule has 0 saturated carbocycles. The number of hydrogen-bond acceptors (Lipinski definition) is 6. The summed E-state index contributed by atoms with van der Waals surface area (Å²) in [5.74, 6) is 1.07. The number of morpholine rings is 1. The Balaban J connectivity index is 1.70. The van der Waals surface area contributed by atoms with Crippen molar-refractivity contribution in [2.75, 3.05) is 46.6 Å². The van der Waals surface area contributed by atoms with Crippen molar-refractivity contribution in [3.8, 4) is 17.6 Å². The van der Waals surface area contributed by atoms with Crippen molar-refractivity contribution in [2.45, 2.75) is 6.42 Å². The third-order valence-electron chi connectivity index (χ3n) is 4.27. The normalized spacial score (nSPS) is 15.0. The molecule has 0 radical (unpaired) electrons. The molecule has 25 heavy (non-hydrogen) atoms. The topological polar surface area (TPSA) is 87.6 Å². The van der Waals surface area contributed by atoms with Gasteiger partial charge in [0.15, 0.2) is 11.5 Å². The molecular formula is C18H21N3O4. The molecule has 0 unspecified atom stereocenters. The fraction of sp³-hybridized carbons (Fsp3) is 0.444. The van der Waals surface area contributed by atoms with Gasteiger partial charge in [-0.2, -0.15) is 5.26 Å². The highest BCUT2D eigenvalue weighted by Gasteiger charge is 2.13. The van der Waals surface area contributed by atoms with E-state index in [0.29, 0.717) is 29.0 Å². The highest BCUT2D eigenvalue weighted by molar-refractivity contribution is 5.83. The first kappa shape index (κ1) is 17.3. The van der Waals surface area contributed by atoms with Crippen molar-refractivity contribution in [3.63, 3.8) is 0 Å². The van der Waals surface area contributed by atoms with Crippen LogP contribution in [0.5, 0.6) is 11.5 Å².